The monoisotopic (exact) mass is 279 g/mol. The van der Waals surface area contributed by atoms with Crippen LogP contribution in [0.4, 0.5) is 18.9 Å². The number of nitrogens with one attached hydrogen (secondary N) is 1. The topological polar surface area (TPSA) is 29.1 Å². The molecular weight excluding hydrogens is 267 g/mol. The Morgan fingerprint density at radius 3 is 2.30 bits per heavy atom. The molecule has 0 fully saturated rings. The van der Waals surface area contributed by atoms with E-state index in [1.807, 2.05) is 13.8 Å². The van der Waals surface area contributed by atoms with E-state index in [9.17, 15) is 18.0 Å². The summed E-state index contributed by atoms with van der Waals surface area (Å²) in [5, 5.41) is 2.22. The van der Waals surface area contributed by atoms with Gasteiger partial charge in [-0.05, 0) is 49.2 Å². The lowest BCUT2D eigenvalue weighted by atomic mass is 10.1. The van der Waals surface area contributed by atoms with E-state index in [1.54, 1.807) is 18.2 Å². The summed E-state index contributed by atoms with van der Waals surface area (Å²) in [5.74, 6) is -4.91. The molecule has 2 nitrogen and oxygen atoms in total. The Kier molecular flexibility index (Phi) is 3.79. The third-order valence-corrected chi connectivity index (χ3v) is 3.05. The SMILES string of the molecule is Cc1ccc(C(=O)Nc2ccc(F)c(F)c2F)cc1C. The maximum atomic E-state index is 13.5. The van der Waals surface area contributed by atoms with Crippen LogP contribution in [0.3, 0.4) is 0 Å². The van der Waals surface area contributed by atoms with E-state index in [2.05, 4.69) is 5.32 Å². The Labute approximate surface area is 114 Å². The first-order valence-corrected chi connectivity index (χ1v) is 5.92. The van der Waals surface area contributed by atoms with Gasteiger partial charge in [-0.1, -0.05) is 6.07 Å². The number of benzene rings is 2. The summed E-state index contributed by atoms with van der Waals surface area (Å²) in [6.07, 6.45) is 0. The fraction of sp³-hybridized carbons (Fsp3) is 0.133. The standard InChI is InChI=1S/C15H12F3NO/c1-8-3-4-10(7-9(8)2)15(20)19-12-6-5-11(16)13(17)14(12)18/h3-7H,1-2H3,(H,19,20). The molecular formula is C15H12F3NO. The summed E-state index contributed by atoms with van der Waals surface area (Å²) in [4.78, 5) is 11.9. The molecule has 104 valence electrons. The van der Waals surface area contributed by atoms with Crippen molar-refractivity contribution in [2.45, 2.75) is 13.8 Å². The summed E-state index contributed by atoms with van der Waals surface area (Å²) in [5.41, 5.74) is 1.84. The number of aryl methyl sites for hydroxylation is 2. The number of halogens is 3. The highest BCUT2D eigenvalue weighted by Gasteiger charge is 2.16. The predicted octanol–water partition coefficient (Wildman–Crippen LogP) is 3.97. The van der Waals surface area contributed by atoms with Crippen LogP contribution in [0.2, 0.25) is 0 Å². The van der Waals surface area contributed by atoms with Gasteiger partial charge in [0, 0.05) is 5.56 Å². The van der Waals surface area contributed by atoms with Gasteiger partial charge in [0.05, 0.1) is 5.69 Å². The number of carbonyl (C=O) groups is 1. The van der Waals surface area contributed by atoms with Crippen LogP contribution in [0.15, 0.2) is 30.3 Å². The summed E-state index contributed by atoms with van der Waals surface area (Å²) in [7, 11) is 0. The zero-order chi connectivity index (χ0) is 14.9. The second-order valence-corrected chi connectivity index (χ2v) is 4.48. The lowest BCUT2D eigenvalue weighted by Crippen LogP contribution is -2.14. The number of amides is 1. The van der Waals surface area contributed by atoms with Crippen molar-refractivity contribution in [1.29, 1.82) is 0 Å². The first-order valence-electron chi connectivity index (χ1n) is 5.92. The molecule has 0 aliphatic carbocycles. The molecule has 20 heavy (non-hydrogen) atoms. The van der Waals surface area contributed by atoms with Crippen molar-refractivity contribution >= 4 is 11.6 Å². The van der Waals surface area contributed by atoms with Crippen molar-refractivity contribution in [3.63, 3.8) is 0 Å². The molecule has 0 bridgehead atoms. The van der Waals surface area contributed by atoms with Gasteiger partial charge in [-0.15, -0.1) is 0 Å². The zero-order valence-corrected chi connectivity index (χ0v) is 10.9. The largest absolute Gasteiger partial charge is 0.319 e. The fourth-order valence-corrected chi connectivity index (χ4v) is 1.70. The minimum atomic E-state index is -1.61. The van der Waals surface area contributed by atoms with Gasteiger partial charge < -0.3 is 5.32 Å². The lowest BCUT2D eigenvalue weighted by Gasteiger charge is -2.08. The Balaban J connectivity index is 2.28. The van der Waals surface area contributed by atoms with Crippen molar-refractivity contribution in [2.24, 2.45) is 0 Å². The van der Waals surface area contributed by atoms with Crippen LogP contribution in [0.1, 0.15) is 21.5 Å². The molecule has 0 spiro atoms. The summed E-state index contributed by atoms with van der Waals surface area (Å²) < 4.78 is 39.3. The molecule has 0 unspecified atom stereocenters. The van der Waals surface area contributed by atoms with Gasteiger partial charge in [-0.25, -0.2) is 13.2 Å². The highest BCUT2D eigenvalue weighted by atomic mass is 19.2. The van der Waals surface area contributed by atoms with Crippen molar-refractivity contribution < 1.29 is 18.0 Å². The van der Waals surface area contributed by atoms with Crippen molar-refractivity contribution in [2.75, 3.05) is 5.32 Å². The molecule has 1 N–H and O–H groups in total. The second-order valence-electron chi connectivity index (χ2n) is 4.48. The van der Waals surface area contributed by atoms with Gasteiger partial charge in [0.25, 0.3) is 5.91 Å². The normalized spacial score (nSPS) is 10.4. The highest BCUT2D eigenvalue weighted by Crippen LogP contribution is 2.20. The molecule has 0 aliphatic heterocycles. The highest BCUT2D eigenvalue weighted by molar-refractivity contribution is 6.04. The van der Waals surface area contributed by atoms with Crippen LogP contribution in [0, 0.1) is 31.3 Å². The van der Waals surface area contributed by atoms with E-state index in [0.29, 0.717) is 5.56 Å². The number of hydrogen-bond acceptors (Lipinski definition) is 1. The Morgan fingerprint density at radius 1 is 0.950 bits per heavy atom. The van der Waals surface area contributed by atoms with E-state index in [-0.39, 0.29) is 0 Å². The number of rotatable bonds is 2. The van der Waals surface area contributed by atoms with Crippen LogP contribution in [0.5, 0.6) is 0 Å². The van der Waals surface area contributed by atoms with Gasteiger partial charge in [0.2, 0.25) is 0 Å². The third-order valence-electron chi connectivity index (χ3n) is 3.05. The van der Waals surface area contributed by atoms with E-state index in [1.165, 1.54) is 0 Å². The average molecular weight is 279 g/mol. The minimum Gasteiger partial charge on any atom is -0.319 e. The average Bonchev–Trinajstić information content (AvgIpc) is 2.42. The Bertz CT molecular complexity index is 683. The Hall–Kier alpha value is -2.30. The third kappa shape index (κ3) is 2.66. The van der Waals surface area contributed by atoms with Crippen LogP contribution < -0.4 is 5.32 Å². The van der Waals surface area contributed by atoms with Crippen molar-refractivity contribution in [3.05, 3.63) is 64.5 Å². The first-order chi connectivity index (χ1) is 9.40. The Morgan fingerprint density at radius 2 is 1.65 bits per heavy atom. The molecule has 0 saturated carbocycles. The van der Waals surface area contributed by atoms with Crippen molar-refractivity contribution in [1.82, 2.24) is 0 Å². The molecule has 0 atom stereocenters. The second kappa shape index (κ2) is 5.36. The van der Waals surface area contributed by atoms with Crippen LogP contribution in [-0.4, -0.2) is 5.91 Å². The predicted molar refractivity (Wildman–Crippen MR) is 70.2 cm³/mol. The van der Waals surface area contributed by atoms with E-state index in [4.69, 9.17) is 0 Å². The molecule has 1 amide bonds. The number of hydrogen-bond donors (Lipinski definition) is 1. The quantitative estimate of drug-likeness (QED) is 0.828. The van der Waals surface area contributed by atoms with Gasteiger partial charge in [0.15, 0.2) is 17.5 Å². The fourth-order valence-electron chi connectivity index (χ4n) is 1.70. The molecule has 0 heterocycles. The molecule has 0 aliphatic rings. The maximum absolute atomic E-state index is 13.5. The molecule has 2 rings (SSSR count). The van der Waals surface area contributed by atoms with Gasteiger partial charge >= 0.3 is 0 Å². The zero-order valence-electron chi connectivity index (χ0n) is 10.9. The molecule has 0 saturated heterocycles. The molecule has 0 aromatic heterocycles. The lowest BCUT2D eigenvalue weighted by molar-refractivity contribution is 0.102. The van der Waals surface area contributed by atoms with E-state index < -0.39 is 29.0 Å². The van der Waals surface area contributed by atoms with Crippen LogP contribution in [0.25, 0.3) is 0 Å². The van der Waals surface area contributed by atoms with E-state index >= 15 is 0 Å². The number of carbonyl (C=O) groups excluding carboxylic acids is 1. The maximum Gasteiger partial charge on any atom is 0.255 e. The number of anilines is 1. The molecule has 5 heteroatoms. The minimum absolute atomic E-state index is 0.317. The first kappa shape index (κ1) is 14.1. The van der Waals surface area contributed by atoms with Gasteiger partial charge in [-0.2, -0.15) is 0 Å². The van der Waals surface area contributed by atoms with Crippen molar-refractivity contribution in [3.8, 4) is 0 Å². The summed E-state index contributed by atoms with van der Waals surface area (Å²) in [6.45, 7) is 3.73. The molecule has 2 aromatic carbocycles. The van der Waals surface area contributed by atoms with Crippen LogP contribution >= 0.6 is 0 Å². The van der Waals surface area contributed by atoms with Gasteiger partial charge in [-0.3, -0.25) is 4.79 Å². The summed E-state index contributed by atoms with van der Waals surface area (Å²) in [6, 6.07) is 6.71. The summed E-state index contributed by atoms with van der Waals surface area (Å²) >= 11 is 0. The van der Waals surface area contributed by atoms with Gasteiger partial charge in [0.1, 0.15) is 0 Å². The smallest absolute Gasteiger partial charge is 0.255 e. The van der Waals surface area contributed by atoms with E-state index in [0.717, 1.165) is 23.3 Å². The van der Waals surface area contributed by atoms with Crippen LogP contribution in [-0.2, 0) is 0 Å². The molecule has 2 aromatic rings. The molecule has 0 radical (unpaired) electrons.